The minimum absolute atomic E-state index is 0.0995. The van der Waals surface area contributed by atoms with Gasteiger partial charge >= 0.3 is 0 Å². The van der Waals surface area contributed by atoms with E-state index >= 15 is 0 Å². The molecular formula is C12H22ClN3O. The molecule has 1 aromatic rings. The Labute approximate surface area is 108 Å². The maximum atomic E-state index is 6.21. The number of rotatable bonds is 6. The van der Waals surface area contributed by atoms with Crippen molar-refractivity contribution < 1.29 is 4.74 Å². The fourth-order valence-corrected chi connectivity index (χ4v) is 2.28. The summed E-state index contributed by atoms with van der Waals surface area (Å²) in [4.78, 5) is 0. The Morgan fingerprint density at radius 1 is 1.47 bits per heavy atom. The monoisotopic (exact) mass is 259 g/mol. The summed E-state index contributed by atoms with van der Waals surface area (Å²) in [6, 6.07) is 0.166. The van der Waals surface area contributed by atoms with E-state index in [0.29, 0.717) is 17.5 Å². The van der Waals surface area contributed by atoms with Crippen LogP contribution in [0.5, 0.6) is 0 Å². The lowest BCUT2D eigenvalue weighted by molar-refractivity contribution is 0.151. The number of hydrogen-bond acceptors (Lipinski definition) is 3. The van der Waals surface area contributed by atoms with Gasteiger partial charge in [0.2, 0.25) is 0 Å². The van der Waals surface area contributed by atoms with E-state index < -0.39 is 0 Å². The van der Waals surface area contributed by atoms with Crippen LogP contribution >= 0.6 is 11.6 Å². The first kappa shape index (κ1) is 14.5. The first-order valence-corrected chi connectivity index (χ1v) is 6.32. The summed E-state index contributed by atoms with van der Waals surface area (Å²) in [6.07, 6.45) is 2.50. The molecule has 98 valence electrons. The van der Waals surface area contributed by atoms with Crippen LogP contribution < -0.4 is 5.73 Å². The van der Waals surface area contributed by atoms with E-state index in [1.165, 1.54) is 0 Å². The molecule has 0 aromatic carbocycles. The van der Waals surface area contributed by atoms with Crippen LogP contribution in [0.3, 0.4) is 0 Å². The van der Waals surface area contributed by atoms with Crippen LogP contribution in [0.4, 0.5) is 0 Å². The third kappa shape index (κ3) is 3.69. The van der Waals surface area contributed by atoms with E-state index in [2.05, 4.69) is 25.9 Å². The van der Waals surface area contributed by atoms with Crippen LogP contribution in [0.25, 0.3) is 0 Å². The Hall–Kier alpha value is -0.580. The molecule has 0 saturated heterocycles. The Morgan fingerprint density at radius 3 is 2.65 bits per heavy atom. The second-order valence-corrected chi connectivity index (χ2v) is 5.23. The Kier molecular flexibility index (Phi) is 5.43. The lowest BCUT2D eigenvalue weighted by atomic mass is 10.0. The molecule has 0 fully saturated rings. The van der Waals surface area contributed by atoms with Crippen LogP contribution in [0.15, 0.2) is 6.20 Å². The normalized spacial score (nSPS) is 15.2. The van der Waals surface area contributed by atoms with Gasteiger partial charge in [0.1, 0.15) is 0 Å². The molecule has 0 amide bonds. The number of nitrogens with zero attached hydrogens (tertiary/aromatic N) is 2. The van der Waals surface area contributed by atoms with Gasteiger partial charge in [0.05, 0.1) is 16.9 Å². The largest absolute Gasteiger partial charge is 0.384 e. The highest BCUT2D eigenvalue weighted by Gasteiger charge is 2.20. The highest BCUT2D eigenvalue weighted by molar-refractivity contribution is 6.31. The molecule has 5 heteroatoms. The van der Waals surface area contributed by atoms with Gasteiger partial charge in [-0.3, -0.25) is 4.68 Å². The second-order valence-electron chi connectivity index (χ2n) is 4.82. The summed E-state index contributed by atoms with van der Waals surface area (Å²) in [5.41, 5.74) is 7.13. The zero-order chi connectivity index (χ0) is 13.0. The van der Waals surface area contributed by atoms with Gasteiger partial charge in [-0.1, -0.05) is 18.5 Å². The molecule has 2 unspecified atom stereocenters. The van der Waals surface area contributed by atoms with Crippen molar-refractivity contribution in [1.82, 2.24) is 9.78 Å². The molecule has 1 aromatic heterocycles. The molecule has 0 spiro atoms. The van der Waals surface area contributed by atoms with Crippen LogP contribution in [0.2, 0.25) is 5.02 Å². The lowest BCUT2D eigenvalue weighted by Crippen LogP contribution is -2.21. The van der Waals surface area contributed by atoms with Crippen molar-refractivity contribution in [3.8, 4) is 0 Å². The Balaban J connectivity index is 2.80. The van der Waals surface area contributed by atoms with Gasteiger partial charge in [-0.15, -0.1) is 0 Å². The van der Waals surface area contributed by atoms with Crippen LogP contribution in [-0.4, -0.2) is 23.5 Å². The molecule has 0 bridgehead atoms. The summed E-state index contributed by atoms with van der Waals surface area (Å²) in [6.45, 7) is 6.96. The average Bonchev–Trinajstić information content (AvgIpc) is 2.60. The smallest absolute Gasteiger partial charge is 0.0834 e. The minimum atomic E-state index is -0.0995. The second kappa shape index (κ2) is 6.38. The number of ether oxygens (including phenoxy) is 1. The van der Waals surface area contributed by atoms with Gasteiger partial charge in [0, 0.05) is 25.8 Å². The fourth-order valence-electron chi connectivity index (χ4n) is 2.01. The van der Waals surface area contributed by atoms with Crippen LogP contribution in [-0.2, 0) is 4.74 Å². The van der Waals surface area contributed by atoms with Crippen molar-refractivity contribution >= 4 is 11.6 Å². The van der Waals surface area contributed by atoms with E-state index in [0.717, 1.165) is 12.1 Å². The van der Waals surface area contributed by atoms with Crippen molar-refractivity contribution in [2.45, 2.75) is 39.3 Å². The fraction of sp³-hybridized carbons (Fsp3) is 0.750. The van der Waals surface area contributed by atoms with Gasteiger partial charge < -0.3 is 10.5 Å². The van der Waals surface area contributed by atoms with E-state index in [1.807, 2.05) is 4.68 Å². The van der Waals surface area contributed by atoms with Crippen molar-refractivity contribution in [2.24, 2.45) is 11.7 Å². The van der Waals surface area contributed by atoms with Gasteiger partial charge in [-0.2, -0.15) is 5.10 Å². The standard InChI is InChI=1S/C12H22ClN3O/c1-8(2)16-12(10(13)6-15-16)11(14)5-9(3)7-17-4/h6,8-9,11H,5,7,14H2,1-4H3. The first-order chi connectivity index (χ1) is 7.97. The molecule has 2 atom stereocenters. The first-order valence-electron chi connectivity index (χ1n) is 5.94. The lowest BCUT2D eigenvalue weighted by Gasteiger charge is -2.20. The molecule has 0 saturated carbocycles. The molecule has 17 heavy (non-hydrogen) atoms. The minimum Gasteiger partial charge on any atom is -0.384 e. The van der Waals surface area contributed by atoms with Gasteiger partial charge in [-0.25, -0.2) is 0 Å². The van der Waals surface area contributed by atoms with Crippen molar-refractivity contribution in [1.29, 1.82) is 0 Å². The Morgan fingerprint density at radius 2 is 2.12 bits per heavy atom. The molecule has 1 rings (SSSR count). The summed E-state index contributed by atoms with van der Waals surface area (Å²) in [5, 5.41) is 4.91. The number of methoxy groups -OCH3 is 1. The number of nitrogens with two attached hydrogens (primary N) is 1. The molecule has 1 heterocycles. The third-order valence-electron chi connectivity index (χ3n) is 2.73. The topological polar surface area (TPSA) is 53.1 Å². The summed E-state index contributed by atoms with van der Waals surface area (Å²) in [5.74, 6) is 0.404. The van der Waals surface area contributed by atoms with E-state index in [4.69, 9.17) is 22.1 Å². The summed E-state index contributed by atoms with van der Waals surface area (Å²) in [7, 11) is 1.70. The zero-order valence-electron chi connectivity index (χ0n) is 11.0. The summed E-state index contributed by atoms with van der Waals surface area (Å²) >= 11 is 6.15. The molecular weight excluding hydrogens is 238 g/mol. The number of hydrogen-bond donors (Lipinski definition) is 1. The highest BCUT2D eigenvalue weighted by atomic mass is 35.5. The SMILES string of the molecule is COCC(C)CC(N)c1c(Cl)cnn1C(C)C. The highest BCUT2D eigenvalue weighted by Crippen LogP contribution is 2.27. The summed E-state index contributed by atoms with van der Waals surface area (Å²) < 4.78 is 7.01. The van der Waals surface area contributed by atoms with Crippen molar-refractivity contribution in [3.63, 3.8) is 0 Å². The zero-order valence-corrected chi connectivity index (χ0v) is 11.7. The Bertz CT molecular complexity index is 352. The van der Waals surface area contributed by atoms with Crippen molar-refractivity contribution in [3.05, 3.63) is 16.9 Å². The molecule has 2 N–H and O–H groups in total. The number of halogens is 1. The van der Waals surface area contributed by atoms with Crippen LogP contribution in [0, 0.1) is 5.92 Å². The van der Waals surface area contributed by atoms with E-state index in [9.17, 15) is 0 Å². The van der Waals surface area contributed by atoms with E-state index in [1.54, 1.807) is 13.3 Å². The maximum Gasteiger partial charge on any atom is 0.0834 e. The average molecular weight is 260 g/mol. The molecule has 0 aliphatic rings. The van der Waals surface area contributed by atoms with Gasteiger partial charge in [-0.05, 0) is 26.2 Å². The maximum absolute atomic E-state index is 6.21. The molecule has 0 aliphatic heterocycles. The predicted molar refractivity (Wildman–Crippen MR) is 70.2 cm³/mol. The van der Waals surface area contributed by atoms with Crippen LogP contribution in [0.1, 0.15) is 45.0 Å². The van der Waals surface area contributed by atoms with E-state index in [-0.39, 0.29) is 12.1 Å². The van der Waals surface area contributed by atoms with Gasteiger partial charge in [0.15, 0.2) is 0 Å². The van der Waals surface area contributed by atoms with Crippen molar-refractivity contribution in [2.75, 3.05) is 13.7 Å². The molecule has 0 aliphatic carbocycles. The third-order valence-corrected chi connectivity index (χ3v) is 3.03. The number of aromatic nitrogens is 2. The molecule has 4 nitrogen and oxygen atoms in total. The quantitative estimate of drug-likeness (QED) is 0.855. The van der Waals surface area contributed by atoms with Gasteiger partial charge in [0.25, 0.3) is 0 Å². The molecule has 0 radical (unpaired) electrons. The predicted octanol–water partition coefficient (Wildman–Crippen LogP) is 2.79.